The molecule has 1 aliphatic rings. The van der Waals surface area contributed by atoms with Crippen molar-refractivity contribution in [1.29, 1.82) is 0 Å². The standard InChI is InChI=1S/C28H20N2O6/c1-29-15(11-19(27(33)34)17-7-3-5-9-23(17)29)13-21-25(31)22(26(21)32)14-16-12-20(28(35)36)18-8-4-6-10-24(18)30(16)2/h3-15H,1-2H3,(H-,33,34,35,36)/p+1. The number of anilines is 1. The van der Waals surface area contributed by atoms with Crippen LogP contribution in [-0.4, -0.2) is 35.2 Å². The smallest absolute Gasteiger partial charge is 0.336 e. The van der Waals surface area contributed by atoms with E-state index in [4.69, 9.17) is 0 Å². The van der Waals surface area contributed by atoms with Crippen molar-refractivity contribution in [2.75, 3.05) is 11.9 Å². The summed E-state index contributed by atoms with van der Waals surface area (Å²) in [6.07, 6.45) is 4.39. The number of rotatable bonds is 4. The summed E-state index contributed by atoms with van der Waals surface area (Å²) >= 11 is 0. The Hall–Kier alpha value is -4.85. The number of aryl methyl sites for hydroxylation is 1. The first kappa shape index (κ1) is 22.9. The fourth-order valence-electron chi connectivity index (χ4n) is 4.69. The van der Waals surface area contributed by atoms with Gasteiger partial charge in [0.2, 0.25) is 22.1 Å². The Kier molecular flexibility index (Phi) is 5.36. The lowest BCUT2D eigenvalue weighted by Gasteiger charge is -2.32. The first-order valence-electron chi connectivity index (χ1n) is 11.1. The van der Waals surface area contributed by atoms with Crippen LogP contribution >= 0.6 is 0 Å². The minimum absolute atomic E-state index is 0.0274. The van der Waals surface area contributed by atoms with Gasteiger partial charge < -0.3 is 15.1 Å². The number of hydrogen-bond acceptors (Lipinski definition) is 5. The molecule has 0 fully saturated rings. The lowest BCUT2D eigenvalue weighted by molar-refractivity contribution is -0.646. The number of aromatic nitrogens is 1. The molecule has 0 amide bonds. The zero-order valence-electron chi connectivity index (χ0n) is 19.4. The van der Waals surface area contributed by atoms with Gasteiger partial charge in [-0.15, -0.1) is 0 Å². The predicted molar refractivity (Wildman–Crippen MR) is 135 cm³/mol. The lowest BCUT2D eigenvalue weighted by atomic mass is 9.94. The first-order valence-corrected chi connectivity index (χ1v) is 11.1. The van der Waals surface area contributed by atoms with Gasteiger partial charge in [-0.1, -0.05) is 30.3 Å². The maximum Gasteiger partial charge on any atom is 0.336 e. The highest BCUT2D eigenvalue weighted by atomic mass is 16.4. The Morgan fingerprint density at radius 1 is 0.944 bits per heavy atom. The fourth-order valence-corrected chi connectivity index (χ4v) is 4.69. The SMILES string of the molecule is CN1c2ccccc2C(C(=O)O)=CC1C=c1c(=O)c(=Cc2cc(C(=O)O)c3ccccc3[n+]2C)c1=O. The molecule has 3 aromatic carbocycles. The van der Waals surface area contributed by atoms with Gasteiger partial charge >= 0.3 is 11.9 Å². The molecule has 0 saturated heterocycles. The Morgan fingerprint density at radius 3 is 2.31 bits per heavy atom. The molecule has 0 bridgehead atoms. The molecule has 5 rings (SSSR count). The fraction of sp³-hybridized carbons (Fsp3) is 0.107. The maximum absolute atomic E-state index is 13.0. The Morgan fingerprint density at radius 2 is 1.61 bits per heavy atom. The summed E-state index contributed by atoms with van der Waals surface area (Å²) in [4.78, 5) is 51.4. The van der Waals surface area contributed by atoms with E-state index < -0.39 is 28.8 Å². The largest absolute Gasteiger partial charge is 0.478 e. The molecule has 2 heterocycles. The van der Waals surface area contributed by atoms with Crippen molar-refractivity contribution in [3.8, 4) is 0 Å². The van der Waals surface area contributed by atoms with Crippen LogP contribution in [0.4, 0.5) is 5.69 Å². The number of likely N-dealkylation sites (N-methyl/N-ethyl adjacent to an activating group) is 1. The van der Waals surface area contributed by atoms with Crippen molar-refractivity contribution < 1.29 is 24.4 Å². The van der Waals surface area contributed by atoms with E-state index in [0.29, 0.717) is 27.8 Å². The van der Waals surface area contributed by atoms with Gasteiger partial charge in [-0.25, -0.2) is 9.59 Å². The van der Waals surface area contributed by atoms with Gasteiger partial charge in [-0.2, -0.15) is 4.57 Å². The predicted octanol–water partition coefficient (Wildman–Crippen LogP) is 0.554. The van der Waals surface area contributed by atoms with Crippen LogP contribution in [-0.2, 0) is 11.8 Å². The van der Waals surface area contributed by atoms with E-state index in [9.17, 15) is 29.4 Å². The monoisotopic (exact) mass is 481 g/mol. The summed E-state index contributed by atoms with van der Waals surface area (Å²) in [6.45, 7) is 0. The number of carboxylic acids is 2. The third-order valence-electron chi connectivity index (χ3n) is 6.66. The number of benzene rings is 2. The summed E-state index contributed by atoms with van der Waals surface area (Å²) in [5.41, 5.74) is 1.52. The van der Waals surface area contributed by atoms with Gasteiger partial charge in [0.15, 0.2) is 0 Å². The second-order valence-corrected chi connectivity index (χ2v) is 8.66. The average Bonchev–Trinajstić information content (AvgIpc) is 2.87. The second kappa shape index (κ2) is 8.42. The van der Waals surface area contributed by atoms with Gasteiger partial charge in [0.1, 0.15) is 7.05 Å². The van der Waals surface area contributed by atoms with Crippen molar-refractivity contribution in [3.05, 3.63) is 108 Å². The average molecular weight is 481 g/mol. The van der Waals surface area contributed by atoms with Crippen LogP contribution in [0.2, 0.25) is 0 Å². The van der Waals surface area contributed by atoms with Crippen LogP contribution in [0, 0.1) is 0 Å². The van der Waals surface area contributed by atoms with E-state index in [-0.39, 0.29) is 21.6 Å². The Bertz CT molecular complexity index is 1790. The van der Waals surface area contributed by atoms with Crippen LogP contribution < -0.4 is 30.8 Å². The molecule has 4 aromatic rings. The van der Waals surface area contributed by atoms with E-state index >= 15 is 0 Å². The maximum atomic E-state index is 13.0. The van der Waals surface area contributed by atoms with Crippen molar-refractivity contribution in [2.24, 2.45) is 7.05 Å². The second-order valence-electron chi connectivity index (χ2n) is 8.66. The molecule has 2 N–H and O–H groups in total. The Labute approximate surface area is 204 Å². The number of pyridine rings is 1. The number of carbonyl (C=O) groups is 2. The summed E-state index contributed by atoms with van der Waals surface area (Å²) in [6, 6.07) is 14.9. The van der Waals surface area contributed by atoms with E-state index in [0.717, 1.165) is 0 Å². The highest BCUT2D eigenvalue weighted by Crippen LogP contribution is 2.33. The summed E-state index contributed by atoms with van der Waals surface area (Å²) < 4.78 is 1.73. The minimum Gasteiger partial charge on any atom is -0.478 e. The summed E-state index contributed by atoms with van der Waals surface area (Å²) in [5, 5.41) is 19.8. The highest BCUT2D eigenvalue weighted by Gasteiger charge is 2.27. The molecule has 8 heteroatoms. The third kappa shape index (κ3) is 3.51. The van der Waals surface area contributed by atoms with E-state index in [1.54, 1.807) is 72.1 Å². The van der Waals surface area contributed by atoms with Crippen LogP contribution in [0.5, 0.6) is 0 Å². The highest BCUT2D eigenvalue weighted by molar-refractivity contribution is 6.18. The zero-order chi connectivity index (χ0) is 25.7. The molecule has 1 aliphatic heterocycles. The number of hydrogen-bond donors (Lipinski definition) is 2. The number of fused-ring (bicyclic) bond motifs is 2. The number of aromatic carboxylic acids is 1. The van der Waals surface area contributed by atoms with Crippen LogP contribution in [0.3, 0.4) is 0 Å². The molecular weight excluding hydrogens is 460 g/mol. The Balaban J connectivity index is 1.64. The molecule has 1 aromatic heterocycles. The molecule has 178 valence electrons. The minimum atomic E-state index is -1.11. The number of para-hydroxylation sites is 2. The molecule has 1 atom stereocenters. The topological polar surface area (TPSA) is 116 Å². The van der Waals surface area contributed by atoms with Gasteiger partial charge in [0.05, 0.1) is 33.0 Å². The third-order valence-corrected chi connectivity index (χ3v) is 6.66. The molecule has 8 nitrogen and oxygen atoms in total. The van der Waals surface area contributed by atoms with Gasteiger partial charge in [-0.3, -0.25) is 9.59 Å². The number of nitrogens with zero attached hydrogens (tertiary/aromatic N) is 2. The van der Waals surface area contributed by atoms with Crippen LogP contribution in [0.1, 0.15) is 21.6 Å². The first-order chi connectivity index (χ1) is 17.2. The number of carboxylic acid groups (broad SMARTS) is 2. The van der Waals surface area contributed by atoms with Crippen molar-refractivity contribution >= 4 is 46.3 Å². The van der Waals surface area contributed by atoms with Crippen molar-refractivity contribution in [2.45, 2.75) is 6.04 Å². The van der Waals surface area contributed by atoms with Crippen LogP contribution in [0.25, 0.3) is 28.6 Å². The normalized spacial score (nSPS) is 14.9. The van der Waals surface area contributed by atoms with E-state index in [1.165, 1.54) is 24.3 Å². The molecule has 0 spiro atoms. The van der Waals surface area contributed by atoms with Gasteiger partial charge in [0.25, 0.3) is 0 Å². The zero-order valence-corrected chi connectivity index (χ0v) is 19.4. The van der Waals surface area contributed by atoms with Crippen LogP contribution in [0.15, 0.2) is 70.3 Å². The van der Waals surface area contributed by atoms with Crippen molar-refractivity contribution in [3.63, 3.8) is 0 Å². The lowest BCUT2D eigenvalue weighted by Crippen LogP contribution is -2.65. The molecule has 0 aliphatic carbocycles. The molecular formula is C28H21N2O6+. The quantitative estimate of drug-likeness (QED) is 0.409. The van der Waals surface area contributed by atoms with Crippen molar-refractivity contribution in [1.82, 2.24) is 0 Å². The summed E-state index contributed by atoms with van der Waals surface area (Å²) in [5.74, 6) is -2.20. The van der Waals surface area contributed by atoms with E-state index in [1.807, 2.05) is 0 Å². The van der Waals surface area contributed by atoms with Gasteiger partial charge in [0, 0.05) is 36.5 Å². The number of aliphatic carboxylic acids is 1. The molecule has 1 unspecified atom stereocenters. The molecule has 36 heavy (non-hydrogen) atoms. The van der Waals surface area contributed by atoms with Gasteiger partial charge in [-0.05, 0) is 24.3 Å². The molecule has 0 radical (unpaired) electrons. The summed E-state index contributed by atoms with van der Waals surface area (Å²) in [7, 11) is 3.50. The molecule has 0 saturated carbocycles. The van der Waals surface area contributed by atoms with E-state index in [2.05, 4.69) is 0 Å².